The van der Waals surface area contributed by atoms with E-state index < -0.39 is 18.1 Å². The number of carbonyl (C=O) groups is 4. The number of benzene rings is 3. The zero-order valence-corrected chi connectivity index (χ0v) is 27.2. The molecule has 0 saturated carbocycles. The summed E-state index contributed by atoms with van der Waals surface area (Å²) in [5.41, 5.74) is 2.96. The van der Waals surface area contributed by atoms with Crippen molar-refractivity contribution in [3.8, 4) is 0 Å². The third kappa shape index (κ3) is 8.33. The van der Waals surface area contributed by atoms with Gasteiger partial charge in [0, 0.05) is 25.6 Å². The average Bonchev–Trinajstić information content (AvgIpc) is 3.50. The maximum Gasteiger partial charge on any atom is 0.247 e. The van der Waals surface area contributed by atoms with Gasteiger partial charge in [0.1, 0.15) is 12.1 Å². The molecule has 0 aromatic heterocycles. The normalized spacial score (nSPS) is 20.2. The van der Waals surface area contributed by atoms with Gasteiger partial charge in [-0.2, -0.15) is 0 Å². The maximum atomic E-state index is 14.3. The molecule has 3 N–H and O–H groups in total. The number of hydrogen-bond acceptors (Lipinski definition) is 5. The van der Waals surface area contributed by atoms with Gasteiger partial charge in [0.15, 0.2) is 0 Å². The summed E-state index contributed by atoms with van der Waals surface area (Å²) in [7, 11) is 1.68. The van der Waals surface area contributed by atoms with Crippen LogP contribution < -0.4 is 16.0 Å². The molecule has 2 aliphatic rings. The molecule has 10 heteroatoms. The molecule has 0 unspecified atom stereocenters. The minimum Gasteiger partial charge on any atom is -0.343 e. The van der Waals surface area contributed by atoms with Crippen molar-refractivity contribution in [1.82, 2.24) is 25.8 Å². The number of nitrogens with one attached hydrogen (secondary N) is 3. The fourth-order valence-electron chi connectivity index (χ4n) is 6.34. The fourth-order valence-corrected chi connectivity index (χ4v) is 6.34. The summed E-state index contributed by atoms with van der Waals surface area (Å²) in [4.78, 5) is 58.1. The third-order valence-electron chi connectivity index (χ3n) is 9.01. The van der Waals surface area contributed by atoms with Gasteiger partial charge in [0.2, 0.25) is 23.6 Å². The van der Waals surface area contributed by atoms with Gasteiger partial charge in [-0.15, -0.1) is 12.4 Å². The molecule has 2 aliphatic heterocycles. The van der Waals surface area contributed by atoms with E-state index in [0.717, 1.165) is 16.7 Å². The monoisotopic (exact) mass is 645 g/mol. The topological polar surface area (TPSA) is 111 Å². The molecule has 0 radical (unpaired) electrons. The molecule has 46 heavy (non-hydrogen) atoms. The summed E-state index contributed by atoms with van der Waals surface area (Å²) < 4.78 is 0. The fraction of sp³-hybridized carbons (Fsp3) is 0.389. The van der Waals surface area contributed by atoms with E-state index in [4.69, 9.17) is 0 Å². The molecule has 0 bridgehead atoms. The number of halogens is 1. The van der Waals surface area contributed by atoms with Crippen LogP contribution >= 0.6 is 12.4 Å². The van der Waals surface area contributed by atoms with E-state index in [0.29, 0.717) is 38.6 Å². The predicted molar refractivity (Wildman–Crippen MR) is 180 cm³/mol. The van der Waals surface area contributed by atoms with E-state index in [1.54, 1.807) is 23.8 Å². The Bertz CT molecular complexity index is 1420. The summed E-state index contributed by atoms with van der Waals surface area (Å²) in [6, 6.07) is 26.6. The second-order valence-corrected chi connectivity index (χ2v) is 11.9. The average molecular weight is 646 g/mol. The lowest BCUT2D eigenvalue weighted by molar-refractivity contribution is -0.147. The van der Waals surface area contributed by atoms with E-state index in [2.05, 4.69) is 16.0 Å². The minimum atomic E-state index is -0.968. The van der Waals surface area contributed by atoms with Gasteiger partial charge >= 0.3 is 0 Å². The van der Waals surface area contributed by atoms with Crippen molar-refractivity contribution in [1.29, 1.82) is 0 Å². The summed E-state index contributed by atoms with van der Waals surface area (Å²) in [5, 5.41) is 9.03. The number of likely N-dealkylation sites (N-methyl/N-ethyl adjacent to an activating group) is 1. The zero-order chi connectivity index (χ0) is 31.8. The Morgan fingerprint density at radius 3 is 2.02 bits per heavy atom. The Morgan fingerprint density at radius 1 is 0.848 bits per heavy atom. The Hall–Kier alpha value is -4.21. The number of aryl methyl sites for hydroxylation is 1. The Balaban J connectivity index is 0.00000480. The second kappa shape index (κ2) is 16.4. The third-order valence-corrected chi connectivity index (χ3v) is 9.01. The summed E-state index contributed by atoms with van der Waals surface area (Å²) >= 11 is 0. The Morgan fingerprint density at radius 2 is 1.43 bits per heavy atom. The van der Waals surface area contributed by atoms with E-state index in [-0.39, 0.29) is 54.7 Å². The first-order valence-electron chi connectivity index (χ1n) is 15.9. The smallest absolute Gasteiger partial charge is 0.247 e. The van der Waals surface area contributed by atoms with Crippen molar-refractivity contribution in [2.75, 3.05) is 20.1 Å². The van der Waals surface area contributed by atoms with Crippen LogP contribution in [0.2, 0.25) is 0 Å². The first-order chi connectivity index (χ1) is 21.9. The van der Waals surface area contributed by atoms with Crippen LogP contribution in [-0.4, -0.2) is 77.7 Å². The SMILES string of the molecule is CN[C@@H](C)C(=O)N[C@H]1CN(C(=O)CCc2ccccc2)CC[C@H]2CC[C@@H](C(=O)NC(c3ccccc3)c3ccccc3)N2C1=O.Cl. The highest BCUT2D eigenvalue weighted by atomic mass is 35.5. The number of hydrogen-bond donors (Lipinski definition) is 3. The van der Waals surface area contributed by atoms with Crippen molar-refractivity contribution in [3.63, 3.8) is 0 Å². The van der Waals surface area contributed by atoms with Gasteiger partial charge in [-0.05, 0) is 56.3 Å². The molecule has 0 aliphatic carbocycles. The zero-order valence-electron chi connectivity index (χ0n) is 26.4. The predicted octanol–water partition coefficient (Wildman–Crippen LogP) is 3.63. The van der Waals surface area contributed by atoms with Crippen molar-refractivity contribution >= 4 is 36.0 Å². The highest BCUT2D eigenvalue weighted by Crippen LogP contribution is 2.31. The number of rotatable bonds is 10. The lowest BCUT2D eigenvalue weighted by Gasteiger charge is -2.39. The van der Waals surface area contributed by atoms with E-state index >= 15 is 0 Å². The quantitative estimate of drug-likeness (QED) is 0.312. The van der Waals surface area contributed by atoms with Crippen LogP contribution in [0.1, 0.15) is 55.3 Å². The molecule has 3 aromatic rings. The van der Waals surface area contributed by atoms with Gasteiger partial charge in [-0.1, -0.05) is 91.0 Å². The van der Waals surface area contributed by atoms with Gasteiger partial charge in [0.05, 0.1) is 12.1 Å². The van der Waals surface area contributed by atoms with Crippen LogP contribution in [0.5, 0.6) is 0 Å². The first kappa shape index (κ1) is 34.7. The van der Waals surface area contributed by atoms with E-state index in [1.807, 2.05) is 91.0 Å². The number of carbonyl (C=O) groups excluding carboxylic acids is 4. The summed E-state index contributed by atoms with van der Waals surface area (Å²) in [6.07, 6.45) is 2.63. The minimum absolute atomic E-state index is 0. The number of fused-ring (bicyclic) bond motifs is 1. The highest BCUT2D eigenvalue weighted by molar-refractivity contribution is 5.94. The standard InChI is InChI=1S/C36H43N5O4.ClH/c1-25(37-2)34(43)38-30-24-40(32(42)21-18-26-12-6-3-7-13-26)23-22-29-19-20-31(41(29)36(30)45)35(44)39-33(27-14-8-4-9-15-27)28-16-10-5-11-17-28;/h3-17,25,29-31,33,37H,18-24H2,1-2H3,(H,38,43)(H,39,44);1H/t25-,29+,30-,31-;/m0./s1. The lowest BCUT2D eigenvalue weighted by atomic mass is 9.98. The molecule has 2 heterocycles. The summed E-state index contributed by atoms with van der Waals surface area (Å²) in [6.45, 7) is 2.22. The molecule has 4 amide bonds. The Kier molecular flexibility index (Phi) is 12.3. The van der Waals surface area contributed by atoms with Crippen LogP contribution in [0.3, 0.4) is 0 Å². The molecule has 9 nitrogen and oxygen atoms in total. The largest absolute Gasteiger partial charge is 0.343 e. The molecular weight excluding hydrogens is 602 g/mol. The van der Waals surface area contributed by atoms with Gasteiger partial charge < -0.3 is 25.8 Å². The molecule has 0 spiro atoms. The van der Waals surface area contributed by atoms with Crippen LogP contribution in [0, 0.1) is 0 Å². The molecule has 5 rings (SSSR count). The number of amides is 4. The van der Waals surface area contributed by atoms with Crippen molar-refractivity contribution < 1.29 is 19.2 Å². The van der Waals surface area contributed by atoms with E-state index in [1.165, 1.54) is 0 Å². The lowest BCUT2D eigenvalue weighted by Crippen LogP contribution is -2.62. The molecule has 2 saturated heterocycles. The van der Waals surface area contributed by atoms with E-state index in [9.17, 15) is 19.2 Å². The van der Waals surface area contributed by atoms with Crippen LogP contribution in [0.4, 0.5) is 0 Å². The molecule has 3 aromatic carbocycles. The molecule has 4 atom stereocenters. The van der Waals surface area contributed by atoms with Crippen molar-refractivity contribution in [3.05, 3.63) is 108 Å². The molecule has 244 valence electrons. The maximum absolute atomic E-state index is 14.3. The van der Waals surface area contributed by atoms with Crippen molar-refractivity contribution in [2.45, 2.75) is 69.2 Å². The van der Waals surface area contributed by atoms with Gasteiger partial charge in [-0.3, -0.25) is 19.2 Å². The molecule has 2 fully saturated rings. The highest BCUT2D eigenvalue weighted by Gasteiger charge is 2.45. The van der Waals surface area contributed by atoms with Crippen LogP contribution in [0.25, 0.3) is 0 Å². The Labute approximate surface area is 277 Å². The second-order valence-electron chi connectivity index (χ2n) is 11.9. The van der Waals surface area contributed by atoms with Gasteiger partial charge in [-0.25, -0.2) is 0 Å². The number of nitrogens with zero attached hydrogens (tertiary/aromatic N) is 2. The summed E-state index contributed by atoms with van der Waals surface area (Å²) in [5.74, 6) is -0.945. The van der Waals surface area contributed by atoms with Crippen LogP contribution in [-0.2, 0) is 25.6 Å². The molecular formula is C36H44ClN5O4. The van der Waals surface area contributed by atoms with Crippen molar-refractivity contribution in [2.24, 2.45) is 0 Å². The first-order valence-corrected chi connectivity index (χ1v) is 15.9. The van der Waals surface area contributed by atoms with Crippen LogP contribution in [0.15, 0.2) is 91.0 Å². The van der Waals surface area contributed by atoms with Gasteiger partial charge in [0.25, 0.3) is 0 Å².